The second kappa shape index (κ2) is 37.9. The van der Waals surface area contributed by atoms with Crippen LogP contribution in [0, 0.1) is 11.8 Å². The summed E-state index contributed by atoms with van der Waals surface area (Å²) in [5.74, 6) is -16.1. The molecule has 0 heterocycles. The Morgan fingerprint density at radius 3 is 1.09 bits per heavy atom. The number of rotatable bonds is 39. The van der Waals surface area contributed by atoms with Crippen molar-refractivity contribution < 1.29 is 98.1 Å². The molecule has 26 N–H and O–H groups in total. The fraction of sp³-hybridized carbons (Fsp3) is 0.696. The number of nitrogens with one attached hydrogen (secondary N) is 11. The summed E-state index contributed by atoms with van der Waals surface area (Å²) in [6, 6.07) is -19.7. The van der Waals surface area contributed by atoms with Crippen molar-refractivity contribution in [1.82, 2.24) is 58.5 Å². The van der Waals surface area contributed by atoms with Crippen molar-refractivity contribution in [1.29, 1.82) is 0 Å². The number of carboxylic acids is 1. The molecule has 0 aliphatic rings. The molecule has 0 rings (SSSR count). The Kier molecular flexibility index (Phi) is 34.3. The molecule has 0 aromatic heterocycles. The molecule has 0 fully saturated rings. The lowest BCUT2D eigenvalue weighted by atomic mass is 10.0. The largest absolute Gasteiger partial charge is 0.480 e. The minimum atomic E-state index is -1.96. The molecule has 0 saturated carbocycles. The number of nitrogens with zero attached hydrogens (tertiary/aromatic N) is 1. The van der Waals surface area contributed by atoms with Gasteiger partial charge < -0.3 is 117 Å². The summed E-state index contributed by atoms with van der Waals surface area (Å²) in [6.07, 6.45) is -0.633. The summed E-state index contributed by atoms with van der Waals surface area (Å²) in [6.45, 7) is 1.94. The van der Waals surface area contributed by atoms with Crippen molar-refractivity contribution >= 4 is 82.8 Å². The van der Waals surface area contributed by atoms with Gasteiger partial charge in [-0.2, -0.15) is 0 Å². The number of primary amides is 1. The standard InChI is InChI=1S/C46H82N16O20/c1-19(2)12-25(37(73)53-22(6)45(81)82)55-39(75)27(14-64)58-40(76)28(15-65)59-41(77)29(16-66)60-42(78)30(17-67)61-44(80)33(20(3)4)62-43(79)31(18-68)57-36(72)24(9-10-32(48)69)54-38(74)26(13-63)56-34(70)21(5)52-35(71)23(47)8-7-11-51-46(49)50/h19-31,33,63-68H,7-18,47H2,1-6H3,(H2,48,69)(H,52,71)(H,53,73)(H,54,74)(H,55,75)(H,56,70)(H,57,72)(H,58,76)(H,59,77)(H,60,78)(H,61,80)(H,62,79)(H,81,82)(H4,49,50,51)/t21-,22-,23-,24-,25-,26-,27-,28-,29-,30-,31-,33-/m0/s1. The topological polar surface area (TPSA) is 612 Å². The van der Waals surface area contributed by atoms with Gasteiger partial charge in [-0.25, -0.2) is 0 Å². The average Bonchev–Trinajstić information content (AvgIpc) is 3.49. The molecule has 0 unspecified atom stereocenters. The maximum absolute atomic E-state index is 13.5. The zero-order valence-electron chi connectivity index (χ0n) is 46.3. The number of hydrogen-bond donors (Lipinski definition) is 22. The van der Waals surface area contributed by atoms with E-state index in [1.807, 2.05) is 10.6 Å². The smallest absolute Gasteiger partial charge is 0.325 e. The number of aliphatic imine (C=N–C) groups is 1. The lowest BCUT2D eigenvalue weighted by Crippen LogP contribution is -2.63. The quantitative estimate of drug-likeness (QED) is 0.0154. The Morgan fingerprint density at radius 2 is 0.732 bits per heavy atom. The van der Waals surface area contributed by atoms with Crippen LogP contribution in [-0.2, 0) is 62.3 Å². The van der Waals surface area contributed by atoms with Crippen LogP contribution < -0.4 is 81.4 Å². The predicted octanol–water partition coefficient (Wildman–Crippen LogP) is -12.3. The predicted molar refractivity (Wildman–Crippen MR) is 283 cm³/mol. The second-order valence-corrected chi connectivity index (χ2v) is 19.3. The Hall–Kier alpha value is -7.90. The van der Waals surface area contributed by atoms with E-state index in [1.165, 1.54) is 27.7 Å². The molecule has 12 atom stereocenters. The Bertz CT molecular complexity index is 2240. The van der Waals surface area contributed by atoms with Crippen LogP contribution in [0.4, 0.5) is 0 Å². The van der Waals surface area contributed by atoms with Crippen LogP contribution in [0.5, 0.6) is 0 Å². The molecule has 12 amide bonds. The van der Waals surface area contributed by atoms with Crippen molar-refractivity contribution in [2.24, 2.45) is 39.8 Å². The first-order chi connectivity index (χ1) is 38.3. The lowest BCUT2D eigenvalue weighted by Gasteiger charge is -2.28. The van der Waals surface area contributed by atoms with Crippen LogP contribution in [-0.4, -0.2) is 237 Å². The van der Waals surface area contributed by atoms with Crippen molar-refractivity contribution in [2.75, 3.05) is 46.2 Å². The number of guanidine groups is 1. The van der Waals surface area contributed by atoms with Crippen LogP contribution in [0.2, 0.25) is 0 Å². The second-order valence-electron chi connectivity index (χ2n) is 19.3. The minimum absolute atomic E-state index is 0.00567. The van der Waals surface area contributed by atoms with Gasteiger partial charge in [0.25, 0.3) is 0 Å². The molecule has 466 valence electrons. The Morgan fingerprint density at radius 1 is 0.402 bits per heavy atom. The number of carbonyl (C=O) groups excluding carboxylic acids is 12. The van der Waals surface area contributed by atoms with Crippen molar-refractivity contribution in [3.63, 3.8) is 0 Å². The summed E-state index contributed by atoms with van der Waals surface area (Å²) < 4.78 is 0. The van der Waals surface area contributed by atoms with Crippen molar-refractivity contribution in [2.45, 2.75) is 146 Å². The fourth-order valence-electron chi connectivity index (χ4n) is 6.82. The normalized spacial score (nSPS) is 15.5. The minimum Gasteiger partial charge on any atom is -0.480 e. The molecule has 36 heteroatoms. The van der Waals surface area contributed by atoms with Gasteiger partial charge in [0.05, 0.1) is 45.7 Å². The van der Waals surface area contributed by atoms with E-state index in [9.17, 15) is 93.0 Å². The van der Waals surface area contributed by atoms with Crippen LogP contribution >= 0.6 is 0 Å². The molecule has 0 radical (unpaired) electrons. The highest BCUT2D eigenvalue weighted by Gasteiger charge is 2.36. The third-order valence-corrected chi connectivity index (χ3v) is 11.6. The maximum atomic E-state index is 13.5. The van der Waals surface area contributed by atoms with E-state index in [1.54, 1.807) is 13.8 Å². The molecule has 0 bridgehead atoms. The zero-order chi connectivity index (χ0) is 63.1. The van der Waals surface area contributed by atoms with E-state index in [4.69, 9.17) is 28.0 Å². The highest BCUT2D eigenvalue weighted by atomic mass is 16.4. The summed E-state index contributed by atoms with van der Waals surface area (Å²) >= 11 is 0. The number of hydrogen-bond acceptors (Lipinski definition) is 21. The van der Waals surface area contributed by atoms with Crippen LogP contribution in [0.1, 0.15) is 73.6 Å². The Balaban J connectivity index is 5.97. The van der Waals surface area contributed by atoms with Gasteiger partial charge in [0.2, 0.25) is 70.9 Å². The van der Waals surface area contributed by atoms with Crippen LogP contribution in [0.15, 0.2) is 4.99 Å². The SMILES string of the molecule is CC(C)C[C@H](NC(=O)[C@H](CO)NC(=O)[C@H](CO)NC(=O)[C@H](CO)NC(=O)[C@H](CO)NC(=O)[C@@H](NC(=O)[C@H](CO)NC(=O)[C@H](CCC(N)=O)NC(=O)[C@H](CO)NC(=O)[C@H](C)NC(=O)[C@@H](N)CCCN=C(N)N)C(C)C)C(=O)N[C@@H](C)C(=O)O. The van der Waals surface area contributed by atoms with E-state index in [0.717, 1.165) is 0 Å². The number of nitrogens with two attached hydrogens (primary N) is 4. The number of carboxylic acid groups (broad SMARTS) is 1. The maximum Gasteiger partial charge on any atom is 0.325 e. The molecule has 0 aliphatic carbocycles. The first kappa shape index (κ1) is 74.1. The number of aliphatic hydroxyl groups is 6. The molecule has 0 spiro atoms. The highest BCUT2D eigenvalue weighted by molar-refractivity contribution is 5.99. The van der Waals surface area contributed by atoms with Gasteiger partial charge in [0, 0.05) is 13.0 Å². The summed E-state index contributed by atoms with van der Waals surface area (Å²) in [5, 5.41) is 93.0. The lowest BCUT2D eigenvalue weighted by molar-refractivity contribution is -0.142. The van der Waals surface area contributed by atoms with E-state index in [0.29, 0.717) is 6.42 Å². The first-order valence-corrected chi connectivity index (χ1v) is 25.6. The number of aliphatic carboxylic acids is 1. The molecule has 82 heavy (non-hydrogen) atoms. The number of aliphatic hydroxyl groups excluding tert-OH is 6. The van der Waals surface area contributed by atoms with Crippen LogP contribution in [0.3, 0.4) is 0 Å². The van der Waals surface area contributed by atoms with E-state index >= 15 is 0 Å². The zero-order valence-corrected chi connectivity index (χ0v) is 46.3. The van der Waals surface area contributed by atoms with Gasteiger partial charge in [0.1, 0.15) is 66.5 Å². The third-order valence-electron chi connectivity index (χ3n) is 11.6. The van der Waals surface area contributed by atoms with E-state index in [-0.39, 0.29) is 31.3 Å². The molecular formula is C46H82N16O20. The number of carbonyl (C=O) groups is 13. The molecule has 0 aromatic carbocycles. The van der Waals surface area contributed by atoms with Gasteiger partial charge in [-0.05, 0) is 51.4 Å². The Labute approximate surface area is 470 Å². The molecule has 0 aromatic rings. The van der Waals surface area contributed by atoms with E-state index < -0.39 is 208 Å². The first-order valence-electron chi connectivity index (χ1n) is 25.6. The number of amides is 12. The van der Waals surface area contributed by atoms with Gasteiger partial charge in [-0.3, -0.25) is 67.3 Å². The molecule has 0 aliphatic heterocycles. The van der Waals surface area contributed by atoms with Crippen molar-refractivity contribution in [3.8, 4) is 0 Å². The van der Waals surface area contributed by atoms with Gasteiger partial charge in [-0.1, -0.05) is 27.7 Å². The van der Waals surface area contributed by atoms with Crippen LogP contribution in [0.25, 0.3) is 0 Å². The summed E-state index contributed by atoms with van der Waals surface area (Å²) in [5.41, 5.74) is 21.6. The molecule has 36 nitrogen and oxygen atoms in total. The van der Waals surface area contributed by atoms with Gasteiger partial charge >= 0.3 is 5.97 Å². The highest BCUT2D eigenvalue weighted by Crippen LogP contribution is 2.08. The monoisotopic (exact) mass is 1180 g/mol. The molecular weight excluding hydrogens is 1100 g/mol. The summed E-state index contributed by atoms with van der Waals surface area (Å²) in [4.78, 5) is 171. The third kappa shape index (κ3) is 27.0. The summed E-state index contributed by atoms with van der Waals surface area (Å²) in [7, 11) is 0. The van der Waals surface area contributed by atoms with E-state index in [2.05, 4.69) is 52.8 Å². The van der Waals surface area contributed by atoms with Crippen molar-refractivity contribution in [3.05, 3.63) is 0 Å². The van der Waals surface area contributed by atoms with Gasteiger partial charge in [-0.15, -0.1) is 0 Å². The molecule has 0 saturated heterocycles. The average molecular weight is 1180 g/mol. The fourth-order valence-corrected chi connectivity index (χ4v) is 6.82. The van der Waals surface area contributed by atoms with Gasteiger partial charge in [0.15, 0.2) is 5.96 Å².